The van der Waals surface area contributed by atoms with Gasteiger partial charge in [0.25, 0.3) is 0 Å². The lowest BCUT2D eigenvalue weighted by Gasteiger charge is -2.07. The molecule has 0 spiro atoms. The second-order valence-electron chi connectivity index (χ2n) is 4.10. The lowest BCUT2D eigenvalue weighted by molar-refractivity contribution is -0.0328. The molecular weight excluding hydrogens is 305 g/mol. The van der Waals surface area contributed by atoms with Crippen LogP contribution in [0.15, 0.2) is 40.1 Å². The highest BCUT2D eigenvalue weighted by atomic mass is 32.2. The Kier molecular flexibility index (Phi) is 5.45. The van der Waals surface area contributed by atoms with Crippen molar-refractivity contribution in [3.05, 3.63) is 46.4 Å². The molecule has 0 saturated carbocycles. The Balaban J connectivity index is 1.73. The third-order valence-electron chi connectivity index (χ3n) is 2.53. The first-order valence-electron chi connectivity index (χ1n) is 5.95. The summed E-state index contributed by atoms with van der Waals surface area (Å²) < 4.78 is 36.5. The Morgan fingerprint density at radius 1 is 1.20 bits per heavy atom. The number of alkyl halides is 3. The normalized spacial score (nSPS) is 11.8. The maximum absolute atomic E-state index is 12.2. The average Bonchev–Trinajstić information content (AvgIpc) is 2.88. The molecule has 0 aliphatic heterocycles. The maximum Gasteiger partial charge on any atom is 0.446 e. The summed E-state index contributed by atoms with van der Waals surface area (Å²) in [6.45, 7) is 1.43. The number of thiazole rings is 1. The van der Waals surface area contributed by atoms with Gasteiger partial charge >= 0.3 is 5.51 Å². The zero-order chi connectivity index (χ0) is 14.4. The molecule has 0 bridgehead atoms. The predicted octanol–water partition coefficient (Wildman–Crippen LogP) is 4.09. The molecule has 0 saturated heterocycles. The Hall–Kier alpha value is -1.05. The summed E-state index contributed by atoms with van der Waals surface area (Å²) in [6.07, 6.45) is 0.853. The van der Waals surface area contributed by atoms with Gasteiger partial charge < -0.3 is 5.32 Å². The van der Waals surface area contributed by atoms with Gasteiger partial charge in [0.15, 0.2) is 0 Å². The van der Waals surface area contributed by atoms with E-state index in [0.717, 1.165) is 24.2 Å². The molecule has 0 radical (unpaired) electrons. The fourth-order valence-electron chi connectivity index (χ4n) is 1.62. The molecule has 7 heteroatoms. The monoisotopic (exact) mass is 318 g/mol. The molecule has 108 valence electrons. The Labute approximate surface area is 123 Å². The Bertz CT molecular complexity index is 509. The van der Waals surface area contributed by atoms with Crippen LogP contribution >= 0.6 is 23.1 Å². The van der Waals surface area contributed by atoms with E-state index >= 15 is 0 Å². The van der Waals surface area contributed by atoms with Gasteiger partial charge in [-0.3, -0.25) is 0 Å². The van der Waals surface area contributed by atoms with Gasteiger partial charge in [-0.25, -0.2) is 4.98 Å². The molecular formula is C13H13F3N2S2. The number of benzene rings is 1. The molecule has 0 aliphatic rings. The van der Waals surface area contributed by atoms with Crippen molar-refractivity contribution < 1.29 is 13.2 Å². The highest BCUT2D eigenvalue weighted by molar-refractivity contribution is 8.00. The van der Waals surface area contributed by atoms with Crippen LogP contribution in [0.25, 0.3) is 0 Å². The summed E-state index contributed by atoms with van der Waals surface area (Å²) >= 11 is 1.48. The Morgan fingerprint density at radius 3 is 2.55 bits per heavy atom. The van der Waals surface area contributed by atoms with E-state index in [0.29, 0.717) is 6.54 Å². The van der Waals surface area contributed by atoms with Gasteiger partial charge in [0.1, 0.15) is 0 Å². The number of nitrogens with one attached hydrogen (secondary N) is 1. The first kappa shape index (κ1) is 15.3. The quantitative estimate of drug-likeness (QED) is 0.641. The predicted molar refractivity (Wildman–Crippen MR) is 75.9 cm³/mol. The summed E-state index contributed by atoms with van der Waals surface area (Å²) in [7, 11) is 0. The summed E-state index contributed by atoms with van der Waals surface area (Å²) in [5.41, 5.74) is -0.408. The van der Waals surface area contributed by atoms with E-state index < -0.39 is 5.51 Å². The van der Waals surface area contributed by atoms with Crippen LogP contribution in [-0.4, -0.2) is 17.0 Å². The molecule has 1 N–H and O–H groups in total. The first-order chi connectivity index (χ1) is 9.53. The van der Waals surface area contributed by atoms with E-state index in [1.165, 1.54) is 12.1 Å². The summed E-state index contributed by atoms with van der Waals surface area (Å²) in [6, 6.07) is 6.42. The third-order valence-corrected chi connectivity index (χ3v) is 3.90. The highest BCUT2D eigenvalue weighted by Crippen LogP contribution is 2.36. The minimum atomic E-state index is -4.23. The van der Waals surface area contributed by atoms with Crippen molar-refractivity contribution in [2.75, 3.05) is 6.54 Å². The van der Waals surface area contributed by atoms with Crippen molar-refractivity contribution >= 4 is 23.1 Å². The van der Waals surface area contributed by atoms with Gasteiger partial charge in [0, 0.05) is 29.8 Å². The second kappa shape index (κ2) is 7.10. The van der Waals surface area contributed by atoms with E-state index in [1.807, 2.05) is 5.38 Å². The van der Waals surface area contributed by atoms with Gasteiger partial charge in [-0.2, -0.15) is 13.2 Å². The number of halogens is 3. The van der Waals surface area contributed by atoms with Crippen LogP contribution in [0, 0.1) is 0 Å². The number of rotatable bonds is 6. The zero-order valence-corrected chi connectivity index (χ0v) is 12.1. The van der Waals surface area contributed by atoms with Crippen LogP contribution in [0.3, 0.4) is 0 Å². The van der Waals surface area contributed by atoms with Crippen LogP contribution in [0.5, 0.6) is 0 Å². The molecule has 20 heavy (non-hydrogen) atoms. The first-order valence-corrected chi connectivity index (χ1v) is 7.71. The lowest BCUT2D eigenvalue weighted by atomic mass is 10.2. The van der Waals surface area contributed by atoms with Crippen molar-refractivity contribution in [1.29, 1.82) is 0 Å². The van der Waals surface area contributed by atoms with Gasteiger partial charge in [0.05, 0.1) is 11.2 Å². The lowest BCUT2D eigenvalue weighted by Crippen LogP contribution is -2.16. The molecule has 1 heterocycles. The summed E-state index contributed by atoms with van der Waals surface area (Å²) in [5, 5.41) is 5.25. The molecule has 0 unspecified atom stereocenters. The molecule has 0 amide bonds. The van der Waals surface area contributed by atoms with Crippen molar-refractivity contribution in [2.45, 2.75) is 23.4 Å². The highest BCUT2D eigenvalue weighted by Gasteiger charge is 2.28. The zero-order valence-electron chi connectivity index (χ0n) is 10.5. The number of thioether (sulfide) groups is 1. The van der Waals surface area contributed by atoms with E-state index in [1.54, 1.807) is 29.0 Å². The van der Waals surface area contributed by atoms with Crippen molar-refractivity contribution in [1.82, 2.24) is 10.3 Å². The van der Waals surface area contributed by atoms with Crippen LogP contribution in [0.1, 0.15) is 11.3 Å². The molecule has 0 atom stereocenters. The van der Waals surface area contributed by atoms with Crippen LogP contribution in [0.2, 0.25) is 0 Å². The molecule has 0 fully saturated rings. The van der Waals surface area contributed by atoms with Gasteiger partial charge in [0.2, 0.25) is 0 Å². The smallest absolute Gasteiger partial charge is 0.312 e. The number of hydrogen-bond donors (Lipinski definition) is 1. The van der Waals surface area contributed by atoms with Crippen molar-refractivity contribution in [3.8, 4) is 0 Å². The maximum atomic E-state index is 12.2. The fourth-order valence-corrected chi connectivity index (χ4v) is 2.75. The average molecular weight is 318 g/mol. The minimum Gasteiger partial charge on any atom is -0.312 e. The molecule has 1 aromatic heterocycles. The molecule has 1 aromatic carbocycles. The third kappa shape index (κ3) is 5.52. The topological polar surface area (TPSA) is 24.9 Å². The molecule has 2 nitrogen and oxygen atoms in total. The summed E-state index contributed by atoms with van der Waals surface area (Å²) in [4.78, 5) is 4.39. The molecule has 2 aromatic rings. The van der Waals surface area contributed by atoms with Gasteiger partial charge in [-0.05, 0) is 29.5 Å². The molecule has 0 aliphatic carbocycles. The van der Waals surface area contributed by atoms with Gasteiger partial charge in [-0.15, -0.1) is 11.3 Å². The fraction of sp³-hybridized carbons (Fsp3) is 0.308. The molecule has 2 rings (SSSR count). The standard InChI is InChI=1S/C13H13F3N2S2/c14-13(15,16)20-12-3-1-10(2-4-12)7-17-6-5-11-8-19-9-18-11/h1-4,8-9,17H,5-7H2. The number of nitrogens with zero attached hydrogens (tertiary/aromatic N) is 1. The van der Waals surface area contributed by atoms with E-state index in [4.69, 9.17) is 0 Å². The second-order valence-corrected chi connectivity index (χ2v) is 5.96. The van der Waals surface area contributed by atoms with Crippen LogP contribution in [-0.2, 0) is 13.0 Å². The minimum absolute atomic E-state index is 0.0915. The van der Waals surface area contributed by atoms with Crippen molar-refractivity contribution in [3.63, 3.8) is 0 Å². The largest absolute Gasteiger partial charge is 0.446 e. The van der Waals surface area contributed by atoms with Crippen LogP contribution < -0.4 is 5.32 Å². The van der Waals surface area contributed by atoms with E-state index in [-0.39, 0.29) is 16.7 Å². The van der Waals surface area contributed by atoms with Gasteiger partial charge in [-0.1, -0.05) is 12.1 Å². The van der Waals surface area contributed by atoms with E-state index in [2.05, 4.69) is 10.3 Å². The summed E-state index contributed by atoms with van der Waals surface area (Å²) in [5.74, 6) is 0. The Morgan fingerprint density at radius 2 is 1.95 bits per heavy atom. The SMILES string of the molecule is FC(F)(F)Sc1ccc(CNCCc2cscn2)cc1. The number of aromatic nitrogens is 1. The van der Waals surface area contributed by atoms with E-state index in [9.17, 15) is 13.2 Å². The van der Waals surface area contributed by atoms with Crippen LogP contribution in [0.4, 0.5) is 13.2 Å². The van der Waals surface area contributed by atoms with Crippen molar-refractivity contribution in [2.24, 2.45) is 0 Å². The number of hydrogen-bond acceptors (Lipinski definition) is 4.